The van der Waals surface area contributed by atoms with Gasteiger partial charge >= 0.3 is 5.97 Å². The SMILES string of the molecule is CCCCCN(CCC(=O)OC)C(=O)CCN1C(=O)c2ccccc2C1=O. The Morgan fingerprint density at radius 2 is 1.63 bits per heavy atom. The Hall–Kier alpha value is -2.70. The number of nitrogens with zero attached hydrogens (tertiary/aromatic N) is 2. The zero-order chi connectivity index (χ0) is 19.8. The summed E-state index contributed by atoms with van der Waals surface area (Å²) in [5, 5.41) is 0. The van der Waals surface area contributed by atoms with Gasteiger partial charge in [0.1, 0.15) is 0 Å². The van der Waals surface area contributed by atoms with Crippen molar-refractivity contribution in [2.75, 3.05) is 26.7 Å². The van der Waals surface area contributed by atoms with Crippen LogP contribution in [0.4, 0.5) is 0 Å². The first-order chi connectivity index (χ1) is 13.0. The van der Waals surface area contributed by atoms with E-state index in [1.165, 1.54) is 7.11 Å². The molecule has 0 aromatic heterocycles. The molecular weight excluding hydrogens is 348 g/mol. The summed E-state index contributed by atoms with van der Waals surface area (Å²) >= 11 is 0. The van der Waals surface area contributed by atoms with Gasteiger partial charge in [-0.3, -0.25) is 24.1 Å². The van der Waals surface area contributed by atoms with Crippen molar-refractivity contribution >= 4 is 23.7 Å². The predicted molar refractivity (Wildman–Crippen MR) is 99.2 cm³/mol. The number of carbonyl (C=O) groups is 4. The van der Waals surface area contributed by atoms with Gasteiger partial charge in [-0.2, -0.15) is 0 Å². The number of imide groups is 1. The van der Waals surface area contributed by atoms with Gasteiger partial charge < -0.3 is 9.64 Å². The van der Waals surface area contributed by atoms with E-state index in [1.54, 1.807) is 29.2 Å². The number of hydrogen-bond acceptors (Lipinski definition) is 5. The Bertz CT molecular complexity index is 681. The van der Waals surface area contributed by atoms with E-state index in [2.05, 4.69) is 11.7 Å². The van der Waals surface area contributed by atoms with E-state index in [0.717, 1.165) is 24.2 Å². The molecule has 27 heavy (non-hydrogen) atoms. The van der Waals surface area contributed by atoms with Gasteiger partial charge in [0.05, 0.1) is 24.7 Å². The van der Waals surface area contributed by atoms with Crippen LogP contribution in [0.25, 0.3) is 0 Å². The van der Waals surface area contributed by atoms with Crippen LogP contribution in [0.15, 0.2) is 24.3 Å². The Morgan fingerprint density at radius 3 is 2.19 bits per heavy atom. The topological polar surface area (TPSA) is 84.0 Å². The van der Waals surface area contributed by atoms with Crippen LogP contribution in [0.5, 0.6) is 0 Å². The maximum Gasteiger partial charge on any atom is 0.307 e. The molecule has 0 spiro atoms. The van der Waals surface area contributed by atoms with Gasteiger partial charge in [0.15, 0.2) is 0 Å². The number of amides is 3. The summed E-state index contributed by atoms with van der Waals surface area (Å²) < 4.78 is 4.64. The second-order valence-corrected chi connectivity index (χ2v) is 6.47. The molecule has 2 rings (SSSR count). The van der Waals surface area contributed by atoms with Crippen LogP contribution in [0.2, 0.25) is 0 Å². The number of ether oxygens (including phenoxy) is 1. The second-order valence-electron chi connectivity index (χ2n) is 6.47. The van der Waals surface area contributed by atoms with Crippen LogP contribution in [-0.4, -0.2) is 60.2 Å². The molecule has 7 nitrogen and oxygen atoms in total. The van der Waals surface area contributed by atoms with E-state index >= 15 is 0 Å². The lowest BCUT2D eigenvalue weighted by Crippen LogP contribution is -2.38. The van der Waals surface area contributed by atoms with Gasteiger partial charge in [0.2, 0.25) is 5.91 Å². The molecule has 1 heterocycles. The van der Waals surface area contributed by atoms with E-state index in [1.807, 2.05) is 0 Å². The van der Waals surface area contributed by atoms with Crippen molar-refractivity contribution in [2.24, 2.45) is 0 Å². The molecule has 1 aliphatic heterocycles. The standard InChI is InChI=1S/C20H26N2O5/c1-3-4-7-12-21(13-11-18(24)27-2)17(23)10-14-22-19(25)15-8-5-6-9-16(15)20(22)26/h5-6,8-9H,3-4,7,10-14H2,1-2H3. The van der Waals surface area contributed by atoms with Crippen molar-refractivity contribution in [3.63, 3.8) is 0 Å². The summed E-state index contributed by atoms with van der Waals surface area (Å²) in [7, 11) is 1.31. The highest BCUT2D eigenvalue weighted by atomic mass is 16.5. The summed E-state index contributed by atoms with van der Waals surface area (Å²) in [6.07, 6.45) is 3.02. The third kappa shape index (κ3) is 5.15. The van der Waals surface area contributed by atoms with Crippen LogP contribution < -0.4 is 0 Å². The molecule has 0 fully saturated rings. The fourth-order valence-electron chi connectivity index (χ4n) is 3.05. The third-order valence-electron chi connectivity index (χ3n) is 4.63. The third-order valence-corrected chi connectivity index (χ3v) is 4.63. The summed E-state index contributed by atoms with van der Waals surface area (Å²) in [6.45, 7) is 2.93. The average Bonchev–Trinajstić information content (AvgIpc) is 2.93. The first-order valence-corrected chi connectivity index (χ1v) is 9.29. The van der Waals surface area contributed by atoms with E-state index in [4.69, 9.17) is 0 Å². The molecule has 3 amide bonds. The summed E-state index contributed by atoms with van der Waals surface area (Å²) in [5.74, 6) is -1.28. The Balaban J connectivity index is 1.95. The fourth-order valence-corrected chi connectivity index (χ4v) is 3.05. The highest BCUT2D eigenvalue weighted by Gasteiger charge is 2.35. The first kappa shape index (κ1) is 20.6. The maximum atomic E-state index is 12.6. The summed E-state index contributed by atoms with van der Waals surface area (Å²) in [4.78, 5) is 51.5. The number of esters is 1. The molecule has 0 N–H and O–H groups in total. The van der Waals surface area contributed by atoms with Crippen LogP contribution in [0.1, 0.15) is 59.7 Å². The molecule has 0 radical (unpaired) electrons. The van der Waals surface area contributed by atoms with Crippen molar-refractivity contribution in [3.8, 4) is 0 Å². The number of rotatable bonds is 10. The zero-order valence-electron chi connectivity index (χ0n) is 15.9. The number of fused-ring (bicyclic) bond motifs is 1. The summed E-state index contributed by atoms with van der Waals surface area (Å²) in [6, 6.07) is 6.65. The predicted octanol–water partition coefficient (Wildman–Crippen LogP) is 2.25. The molecule has 1 aromatic carbocycles. The van der Waals surface area contributed by atoms with Crippen molar-refractivity contribution in [1.29, 1.82) is 0 Å². The molecular formula is C20H26N2O5. The minimum absolute atomic E-state index is 0.0354. The smallest absolute Gasteiger partial charge is 0.307 e. The van der Waals surface area contributed by atoms with Gasteiger partial charge in [-0.05, 0) is 18.6 Å². The summed E-state index contributed by atoms with van der Waals surface area (Å²) in [5.41, 5.74) is 0.751. The number of hydrogen-bond donors (Lipinski definition) is 0. The molecule has 1 aromatic rings. The number of unbranched alkanes of at least 4 members (excludes halogenated alkanes) is 2. The molecule has 0 unspecified atom stereocenters. The Morgan fingerprint density at radius 1 is 1.00 bits per heavy atom. The number of benzene rings is 1. The van der Waals surface area contributed by atoms with Crippen LogP contribution in [0, 0.1) is 0 Å². The lowest BCUT2D eigenvalue weighted by molar-refractivity contribution is -0.141. The number of carbonyl (C=O) groups excluding carboxylic acids is 4. The molecule has 0 saturated carbocycles. The first-order valence-electron chi connectivity index (χ1n) is 9.29. The molecule has 0 saturated heterocycles. The largest absolute Gasteiger partial charge is 0.469 e. The lowest BCUT2D eigenvalue weighted by atomic mass is 10.1. The normalized spacial score (nSPS) is 12.9. The van der Waals surface area contributed by atoms with Crippen molar-refractivity contribution in [3.05, 3.63) is 35.4 Å². The van der Waals surface area contributed by atoms with E-state index in [9.17, 15) is 19.2 Å². The second kappa shape index (κ2) is 9.85. The number of methoxy groups -OCH3 is 1. The monoisotopic (exact) mass is 374 g/mol. The molecule has 0 aliphatic carbocycles. The quantitative estimate of drug-likeness (QED) is 0.356. The molecule has 0 bridgehead atoms. The van der Waals surface area contributed by atoms with Crippen molar-refractivity contribution in [2.45, 2.75) is 39.0 Å². The Kier molecular flexibility index (Phi) is 7.52. The molecule has 1 aliphatic rings. The lowest BCUT2D eigenvalue weighted by Gasteiger charge is -2.23. The molecule has 7 heteroatoms. The zero-order valence-corrected chi connectivity index (χ0v) is 15.9. The van der Waals surface area contributed by atoms with Crippen LogP contribution in [0.3, 0.4) is 0 Å². The Labute approximate surface area is 159 Å². The van der Waals surface area contributed by atoms with Gasteiger partial charge in [-0.1, -0.05) is 31.9 Å². The molecule has 146 valence electrons. The highest BCUT2D eigenvalue weighted by molar-refractivity contribution is 6.21. The fraction of sp³-hybridized carbons (Fsp3) is 0.500. The van der Waals surface area contributed by atoms with Crippen LogP contribution >= 0.6 is 0 Å². The molecule has 0 atom stereocenters. The van der Waals surface area contributed by atoms with E-state index < -0.39 is 0 Å². The van der Waals surface area contributed by atoms with Gasteiger partial charge in [-0.25, -0.2) is 0 Å². The minimum atomic E-state index is -0.372. The van der Waals surface area contributed by atoms with Crippen molar-refractivity contribution < 1.29 is 23.9 Å². The average molecular weight is 374 g/mol. The van der Waals surface area contributed by atoms with Gasteiger partial charge in [0, 0.05) is 26.1 Å². The maximum absolute atomic E-state index is 12.6. The van der Waals surface area contributed by atoms with E-state index in [-0.39, 0.29) is 49.6 Å². The highest BCUT2D eigenvalue weighted by Crippen LogP contribution is 2.22. The van der Waals surface area contributed by atoms with Gasteiger partial charge in [-0.15, -0.1) is 0 Å². The van der Waals surface area contributed by atoms with Gasteiger partial charge in [0.25, 0.3) is 11.8 Å². The van der Waals surface area contributed by atoms with Crippen LogP contribution in [-0.2, 0) is 14.3 Å². The van der Waals surface area contributed by atoms with E-state index in [0.29, 0.717) is 17.7 Å². The minimum Gasteiger partial charge on any atom is -0.469 e. The van der Waals surface area contributed by atoms with Crippen molar-refractivity contribution in [1.82, 2.24) is 9.80 Å².